The van der Waals surface area contributed by atoms with Gasteiger partial charge in [-0.1, -0.05) is 32.0 Å². The highest BCUT2D eigenvalue weighted by molar-refractivity contribution is 7.85. The zero-order valence-electron chi connectivity index (χ0n) is 13.4. The molecule has 0 saturated heterocycles. The SMILES string of the molecule is CC(C)CCNC(=O)C(C)S(=O)Cc1cccc(C(F)(F)F)c1. The van der Waals surface area contributed by atoms with Gasteiger partial charge in [-0.15, -0.1) is 0 Å². The molecule has 0 radical (unpaired) electrons. The van der Waals surface area contributed by atoms with Gasteiger partial charge in [0.05, 0.1) is 5.56 Å². The molecule has 0 aliphatic heterocycles. The third-order valence-electron chi connectivity index (χ3n) is 3.35. The van der Waals surface area contributed by atoms with Crippen LogP contribution in [0.15, 0.2) is 24.3 Å². The fraction of sp³-hybridized carbons (Fsp3) is 0.562. The minimum Gasteiger partial charge on any atom is -0.355 e. The van der Waals surface area contributed by atoms with Gasteiger partial charge >= 0.3 is 6.18 Å². The number of alkyl halides is 3. The maximum Gasteiger partial charge on any atom is 0.416 e. The van der Waals surface area contributed by atoms with E-state index in [1.807, 2.05) is 13.8 Å². The topological polar surface area (TPSA) is 46.2 Å². The maximum atomic E-state index is 12.7. The lowest BCUT2D eigenvalue weighted by molar-refractivity contribution is -0.137. The van der Waals surface area contributed by atoms with Crippen LogP contribution in [0.5, 0.6) is 0 Å². The van der Waals surface area contributed by atoms with Crippen LogP contribution < -0.4 is 5.32 Å². The van der Waals surface area contributed by atoms with E-state index in [1.165, 1.54) is 19.1 Å². The van der Waals surface area contributed by atoms with Crippen LogP contribution in [0, 0.1) is 5.92 Å². The number of hydrogen-bond donors (Lipinski definition) is 1. The van der Waals surface area contributed by atoms with Crippen molar-refractivity contribution in [2.75, 3.05) is 6.54 Å². The highest BCUT2D eigenvalue weighted by Crippen LogP contribution is 2.29. The van der Waals surface area contributed by atoms with Crippen LogP contribution in [-0.4, -0.2) is 21.9 Å². The molecule has 130 valence electrons. The van der Waals surface area contributed by atoms with E-state index < -0.39 is 27.8 Å². The predicted molar refractivity (Wildman–Crippen MR) is 85.2 cm³/mol. The van der Waals surface area contributed by atoms with Crippen molar-refractivity contribution in [1.82, 2.24) is 5.32 Å². The summed E-state index contributed by atoms with van der Waals surface area (Å²) < 4.78 is 50.2. The van der Waals surface area contributed by atoms with Crippen LogP contribution in [0.2, 0.25) is 0 Å². The summed E-state index contributed by atoms with van der Waals surface area (Å²) in [7, 11) is -1.57. The Morgan fingerprint density at radius 1 is 1.26 bits per heavy atom. The highest BCUT2D eigenvalue weighted by atomic mass is 32.2. The molecule has 0 aliphatic carbocycles. The number of amides is 1. The van der Waals surface area contributed by atoms with Crippen molar-refractivity contribution in [3.63, 3.8) is 0 Å². The fourth-order valence-corrected chi connectivity index (χ4v) is 2.95. The van der Waals surface area contributed by atoms with Gasteiger partial charge in [-0.05, 0) is 30.9 Å². The van der Waals surface area contributed by atoms with Gasteiger partial charge in [0.2, 0.25) is 5.91 Å². The van der Waals surface area contributed by atoms with Crippen molar-refractivity contribution in [2.24, 2.45) is 5.92 Å². The molecule has 2 atom stereocenters. The normalized spacial score (nSPS) is 14.6. The Hall–Kier alpha value is -1.37. The summed E-state index contributed by atoms with van der Waals surface area (Å²) in [5, 5.41) is 1.94. The molecule has 1 amide bonds. The summed E-state index contributed by atoms with van der Waals surface area (Å²) in [6, 6.07) is 4.70. The highest BCUT2D eigenvalue weighted by Gasteiger charge is 2.30. The molecule has 0 spiro atoms. The molecule has 0 aromatic heterocycles. The fourth-order valence-electron chi connectivity index (χ4n) is 1.87. The standard InChI is InChI=1S/C16H22F3NO2S/c1-11(2)7-8-20-15(21)12(3)23(22)10-13-5-4-6-14(9-13)16(17,18)19/h4-6,9,11-12H,7-8,10H2,1-3H3,(H,20,21). The van der Waals surface area contributed by atoms with E-state index in [-0.39, 0.29) is 11.7 Å². The minimum atomic E-state index is -4.43. The molecule has 1 rings (SSSR count). The van der Waals surface area contributed by atoms with E-state index >= 15 is 0 Å². The van der Waals surface area contributed by atoms with Crippen molar-refractivity contribution in [3.05, 3.63) is 35.4 Å². The summed E-state index contributed by atoms with van der Waals surface area (Å²) in [6.45, 7) is 6.08. The lowest BCUT2D eigenvalue weighted by atomic mass is 10.1. The number of carbonyl (C=O) groups is 1. The van der Waals surface area contributed by atoms with Crippen molar-refractivity contribution in [3.8, 4) is 0 Å². The van der Waals surface area contributed by atoms with E-state index in [4.69, 9.17) is 0 Å². The molecular formula is C16H22F3NO2S. The predicted octanol–water partition coefficient (Wildman–Crippen LogP) is 3.50. The first-order chi connectivity index (χ1) is 10.6. The number of rotatable bonds is 7. The molecule has 3 nitrogen and oxygen atoms in total. The second kappa shape index (κ2) is 8.47. The number of benzene rings is 1. The Morgan fingerprint density at radius 3 is 2.48 bits per heavy atom. The minimum absolute atomic E-state index is 0.0807. The molecule has 1 N–H and O–H groups in total. The van der Waals surface area contributed by atoms with E-state index in [1.54, 1.807) is 0 Å². The maximum absolute atomic E-state index is 12.7. The average molecular weight is 349 g/mol. The smallest absolute Gasteiger partial charge is 0.355 e. The molecular weight excluding hydrogens is 327 g/mol. The van der Waals surface area contributed by atoms with Crippen LogP contribution in [0.3, 0.4) is 0 Å². The van der Waals surface area contributed by atoms with E-state index in [0.717, 1.165) is 18.6 Å². The summed E-state index contributed by atoms with van der Waals surface area (Å²) in [6.07, 6.45) is -3.62. The first kappa shape index (κ1) is 19.7. The van der Waals surface area contributed by atoms with Gasteiger partial charge < -0.3 is 5.32 Å². The Bertz CT molecular complexity index is 559. The molecule has 0 heterocycles. The number of nitrogens with one attached hydrogen (secondary N) is 1. The summed E-state index contributed by atoms with van der Waals surface area (Å²) in [5.74, 6) is 0.0278. The third-order valence-corrected chi connectivity index (χ3v) is 4.97. The Kier molecular flexibility index (Phi) is 7.25. The van der Waals surface area contributed by atoms with Gasteiger partial charge in [-0.25, -0.2) is 0 Å². The van der Waals surface area contributed by atoms with Crippen LogP contribution in [0.25, 0.3) is 0 Å². The van der Waals surface area contributed by atoms with Gasteiger partial charge in [-0.3, -0.25) is 9.00 Å². The second-order valence-corrected chi connectivity index (χ2v) is 7.60. The summed E-state index contributed by atoms with van der Waals surface area (Å²) in [4.78, 5) is 11.9. The lowest BCUT2D eigenvalue weighted by Gasteiger charge is -2.14. The molecule has 23 heavy (non-hydrogen) atoms. The lowest BCUT2D eigenvalue weighted by Crippen LogP contribution is -2.36. The first-order valence-electron chi connectivity index (χ1n) is 7.42. The molecule has 0 bridgehead atoms. The van der Waals surface area contributed by atoms with Gasteiger partial charge in [0, 0.05) is 23.1 Å². The Labute approximate surface area is 137 Å². The second-order valence-electron chi connectivity index (χ2n) is 5.84. The average Bonchev–Trinajstić information content (AvgIpc) is 2.45. The number of hydrogen-bond acceptors (Lipinski definition) is 2. The zero-order chi connectivity index (χ0) is 17.6. The van der Waals surface area contributed by atoms with Gasteiger partial charge in [-0.2, -0.15) is 13.2 Å². The Balaban J connectivity index is 2.63. The monoisotopic (exact) mass is 349 g/mol. The molecule has 1 aromatic carbocycles. The molecule has 0 fully saturated rings. The summed E-state index contributed by atoms with van der Waals surface area (Å²) >= 11 is 0. The van der Waals surface area contributed by atoms with Crippen molar-refractivity contribution in [1.29, 1.82) is 0 Å². The van der Waals surface area contributed by atoms with Crippen LogP contribution in [0.1, 0.15) is 38.3 Å². The molecule has 0 aliphatic rings. The van der Waals surface area contributed by atoms with Crippen LogP contribution in [0.4, 0.5) is 13.2 Å². The van der Waals surface area contributed by atoms with Crippen molar-refractivity contribution >= 4 is 16.7 Å². The van der Waals surface area contributed by atoms with E-state index in [0.29, 0.717) is 18.0 Å². The molecule has 0 saturated carbocycles. The summed E-state index contributed by atoms with van der Waals surface area (Å²) in [5.41, 5.74) is -0.471. The molecule has 1 aromatic rings. The van der Waals surface area contributed by atoms with Crippen LogP contribution >= 0.6 is 0 Å². The quantitative estimate of drug-likeness (QED) is 0.819. The largest absolute Gasteiger partial charge is 0.416 e. The zero-order valence-corrected chi connectivity index (χ0v) is 14.3. The van der Waals surface area contributed by atoms with Gasteiger partial charge in [0.25, 0.3) is 0 Å². The molecule has 2 unspecified atom stereocenters. The van der Waals surface area contributed by atoms with E-state index in [2.05, 4.69) is 5.32 Å². The third kappa shape index (κ3) is 6.72. The molecule has 7 heteroatoms. The van der Waals surface area contributed by atoms with Crippen molar-refractivity contribution in [2.45, 2.75) is 44.4 Å². The number of carbonyl (C=O) groups excluding carboxylic acids is 1. The van der Waals surface area contributed by atoms with Crippen molar-refractivity contribution < 1.29 is 22.2 Å². The first-order valence-corrected chi connectivity index (χ1v) is 8.80. The van der Waals surface area contributed by atoms with Gasteiger partial charge in [0.15, 0.2) is 0 Å². The van der Waals surface area contributed by atoms with E-state index in [9.17, 15) is 22.2 Å². The Morgan fingerprint density at radius 2 is 1.91 bits per heavy atom. The van der Waals surface area contributed by atoms with Gasteiger partial charge in [0.1, 0.15) is 5.25 Å². The van der Waals surface area contributed by atoms with Crippen LogP contribution in [-0.2, 0) is 27.5 Å². The number of halogens is 3.